The highest BCUT2D eigenvalue weighted by Crippen LogP contribution is 2.41. The second-order valence-electron chi connectivity index (χ2n) is 5.14. The summed E-state index contributed by atoms with van der Waals surface area (Å²) < 4.78 is 0. The third-order valence-electron chi connectivity index (χ3n) is 3.64. The highest BCUT2D eigenvalue weighted by Gasteiger charge is 2.31. The van der Waals surface area contributed by atoms with Gasteiger partial charge in [0.15, 0.2) is 0 Å². The summed E-state index contributed by atoms with van der Waals surface area (Å²) in [6.45, 7) is 0.750. The molecule has 1 fully saturated rings. The van der Waals surface area contributed by atoms with E-state index in [0.717, 1.165) is 23.4 Å². The number of thioether (sulfide) groups is 1. The summed E-state index contributed by atoms with van der Waals surface area (Å²) in [5.41, 5.74) is 1.99. The maximum Gasteiger partial charge on any atom is 0.228 e. The molecule has 3 rings (SSSR count). The highest BCUT2D eigenvalue weighted by molar-refractivity contribution is 7.99. The summed E-state index contributed by atoms with van der Waals surface area (Å²) >= 11 is 14.0. The molecule has 1 aliphatic heterocycles. The van der Waals surface area contributed by atoms with Crippen molar-refractivity contribution in [2.75, 3.05) is 12.3 Å². The Bertz CT molecular complexity index is 678. The van der Waals surface area contributed by atoms with Gasteiger partial charge in [0.05, 0.1) is 6.42 Å². The molecule has 2 aromatic rings. The van der Waals surface area contributed by atoms with Crippen molar-refractivity contribution in [3.8, 4) is 0 Å². The Hall–Kier alpha value is -1.16. The van der Waals surface area contributed by atoms with Gasteiger partial charge in [-0.3, -0.25) is 4.79 Å². The second-order valence-corrected chi connectivity index (χ2v) is 7.17. The summed E-state index contributed by atoms with van der Waals surface area (Å²) in [7, 11) is 0. The molecular weight excluding hydrogens is 337 g/mol. The maximum absolute atomic E-state index is 12.6. The van der Waals surface area contributed by atoms with Crippen molar-refractivity contribution >= 4 is 40.9 Å². The van der Waals surface area contributed by atoms with Crippen LogP contribution >= 0.6 is 35.0 Å². The number of nitrogens with zero attached hydrogens (tertiary/aromatic N) is 1. The zero-order valence-electron chi connectivity index (χ0n) is 11.8. The van der Waals surface area contributed by atoms with Crippen LogP contribution in [0.3, 0.4) is 0 Å². The molecule has 1 atom stereocenters. The normalized spacial score (nSPS) is 17.7. The summed E-state index contributed by atoms with van der Waals surface area (Å²) in [6.07, 6.45) is 0.420. The van der Waals surface area contributed by atoms with Gasteiger partial charge in [0.2, 0.25) is 5.91 Å². The molecule has 0 aliphatic carbocycles. The van der Waals surface area contributed by atoms with Crippen molar-refractivity contribution in [1.82, 2.24) is 4.90 Å². The number of carbonyl (C=O) groups excluding carboxylic acids is 1. The molecule has 0 spiro atoms. The topological polar surface area (TPSA) is 20.3 Å². The lowest BCUT2D eigenvalue weighted by Crippen LogP contribution is -2.31. The summed E-state index contributed by atoms with van der Waals surface area (Å²) in [5, 5.41) is 1.20. The van der Waals surface area contributed by atoms with E-state index in [1.807, 2.05) is 47.4 Å². The highest BCUT2D eigenvalue weighted by atomic mass is 35.5. The number of hydrogen-bond acceptors (Lipinski definition) is 2. The van der Waals surface area contributed by atoms with Gasteiger partial charge in [0, 0.05) is 27.9 Å². The zero-order valence-corrected chi connectivity index (χ0v) is 14.2. The van der Waals surface area contributed by atoms with Gasteiger partial charge in [-0.2, -0.15) is 0 Å². The lowest BCUT2D eigenvalue weighted by molar-refractivity contribution is -0.130. The Labute approximate surface area is 144 Å². The minimum absolute atomic E-state index is 0.0269. The van der Waals surface area contributed by atoms with Crippen LogP contribution in [0.1, 0.15) is 16.5 Å². The molecule has 0 N–H and O–H groups in total. The molecule has 1 saturated heterocycles. The van der Waals surface area contributed by atoms with Gasteiger partial charge in [0.25, 0.3) is 0 Å². The van der Waals surface area contributed by atoms with E-state index in [9.17, 15) is 4.79 Å². The first-order valence-electron chi connectivity index (χ1n) is 7.05. The van der Waals surface area contributed by atoms with Gasteiger partial charge in [-0.05, 0) is 17.7 Å². The molecule has 5 heteroatoms. The smallest absolute Gasteiger partial charge is 0.228 e. The molecule has 1 heterocycles. The fraction of sp³-hybridized carbons (Fsp3) is 0.235. The Morgan fingerprint density at radius 2 is 1.95 bits per heavy atom. The van der Waals surface area contributed by atoms with E-state index in [2.05, 4.69) is 0 Å². The summed E-state index contributed by atoms with van der Waals surface area (Å²) in [4.78, 5) is 14.5. The van der Waals surface area contributed by atoms with Gasteiger partial charge in [-0.15, -0.1) is 11.8 Å². The Morgan fingerprint density at radius 3 is 2.68 bits per heavy atom. The molecule has 0 bridgehead atoms. The minimum Gasteiger partial charge on any atom is -0.325 e. The second kappa shape index (κ2) is 6.95. The van der Waals surface area contributed by atoms with E-state index in [1.165, 1.54) is 0 Å². The molecule has 22 heavy (non-hydrogen) atoms. The van der Waals surface area contributed by atoms with E-state index in [0.29, 0.717) is 16.5 Å². The van der Waals surface area contributed by atoms with Crippen LogP contribution in [0.2, 0.25) is 10.0 Å². The zero-order chi connectivity index (χ0) is 15.5. The Balaban J connectivity index is 1.79. The first-order valence-corrected chi connectivity index (χ1v) is 8.85. The van der Waals surface area contributed by atoms with Gasteiger partial charge in [-0.25, -0.2) is 0 Å². The predicted octanol–water partition coefficient (Wildman–Crippen LogP) is 4.81. The largest absolute Gasteiger partial charge is 0.325 e. The van der Waals surface area contributed by atoms with Crippen LogP contribution in [0.25, 0.3) is 0 Å². The van der Waals surface area contributed by atoms with Crippen molar-refractivity contribution in [2.45, 2.75) is 11.8 Å². The van der Waals surface area contributed by atoms with Crippen LogP contribution in [0, 0.1) is 0 Å². The number of benzene rings is 2. The fourth-order valence-electron chi connectivity index (χ4n) is 2.56. The molecule has 1 amide bonds. The fourth-order valence-corrected chi connectivity index (χ4v) is 4.45. The molecule has 0 aromatic heterocycles. The van der Waals surface area contributed by atoms with Crippen LogP contribution in [-0.2, 0) is 11.2 Å². The molecule has 0 unspecified atom stereocenters. The number of carbonyl (C=O) groups is 1. The molecule has 2 nitrogen and oxygen atoms in total. The van der Waals surface area contributed by atoms with E-state index in [-0.39, 0.29) is 11.3 Å². The number of rotatable bonds is 3. The quantitative estimate of drug-likeness (QED) is 0.790. The van der Waals surface area contributed by atoms with Gasteiger partial charge in [-0.1, -0.05) is 59.6 Å². The van der Waals surface area contributed by atoms with Crippen LogP contribution in [0.15, 0.2) is 48.5 Å². The third-order valence-corrected chi connectivity index (χ3v) is 5.44. The molecule has 2 aromatic carbocycles. The van der Waals surface area contributed by atoms with E-state index >= 15 is 0 Å². The third kappa shape index (κ3) is 3.43. The van der Waals surface area contributed by atoms with E-state index in [1.54, 1.807) is 17.8 Å². The predicted molar refractivity (Wildman–Crippen MR) is 93.5 cm³/mol. The molecule has 0 radical (unpaired) electrons. The Kier molecular flexibility index (Phi) is 4.97. The van der Waals surface area contributed by atoms with Crippen molar-refractivity contribution in [3.05, 3.63) is 69.7 Å². The summed E-state index contributed by atoms with van der Waals surface area (Å²) in [6, 6.07) is 15.3. The average Bonchev–Trinajstić information content (AvgIpc) is 2.97. The van der Waals surface area contributed by atoms with Crippen molar-refractivity contribution in [3.63, 3.8) is 0 Å². The first-order chi connectivity index (χ1) is 10.6. The van der Waals surface area contributed by atoms with Crippen molar-refractivity contribution < 1.29 is 4.79 Å². The molecule has 0 saturated carbocycles. The average molecular weight is 352 g/mol. The van der Waals surface area contributed by atoms with Crippen molar-refractivity contribution in [1.29, 1.82) is 0 Å². The lowest BCUT2D eigenvalue weighted by Gasteiger charge is -2.25. The lowest BCUT2D eigenvalue weighted by atomic mass is 10.1. The molecule has 114 valence electrons. The van der Waals surface area contributed by atoms with Crippen LogP contribution in [0.5, 0.6) is 0 Å². The summed E-state index contributed by atoms with van der Waals surface area (Å²) in [5.74, 6) is 1.05. The number of amides is 1. The number of halogens is 2. The molecular formula is C17H15Cl2NOS. The maximum atomic E-state index is 12.6. The first kappa shape index (κ1) is 15.7. The van der Waals surface area contributed by atoms with Crippen LogP contribution < -0.4 is 0 Å². The number of hydrogen-bond donors (Lipinski definition) is 0. The molecule has 1 aliphatic rings. The van der Waals surface area contributed by atoms with Crippen LogP contribution in [-0.4, -0.2) is 23.1 Å². The van der Waals surface area contributed by atoms with E-state index in [4.69, 9.17) is 23.2 Å². The Morgan fingerprint density at radius 1 is 1.18 bits per heavy atom. The van der Waals surface area contributed by atoms with Gasteiger partial charge >= 0.3 is 0 Å². The SMILES string of the molecule is O=C(Cc1ccccc1)N1CCS[C@H]1c1ccc(Cl)cc1Cl. The van der Waals surface area contributed by atoms with Crippen molar-refractivity contribution in [2.24, 2.45) is 0 Å². The van der Waals surface area contributed by atoms with Gasteiger partial charge < -0.3 is 4.90 Å². The van der Waals surface area contributed by atoms with Gasteiger partial charge in [0.1, 0.15) is 5.37 Å². The standard InChI is InChI=1S/C17H15Cl2NOS/c18-13-6-7-14(15(19)11-13)17-20(8-9-22-17)16(21)10-12-4-2-1-3-5-12/h1-7,11,17H,8-10H2/t17-/m0/s1. The van der Waals surface area contributed by atoms with E-state index < -0.39 is 0 Å². The van der Waals surface area contributed by atoms with Crippen LogP contribution in [0.4, 0.5) is 0 Å². The monoisotopic (exact) mass is 351 g/mol. The minimum atomic E-state index is -0.0269.